The SMILES string of the molecule is COc1nc2ccccc2cc1-c1nncc(C)c1C. The molecule has 0 radical (unpaired) electrons. The quantitative estimate of drug-likeness (QED) is 0.713. The van der Waals surface area contributed by atoms with Gasteiger partial charge in [-0.2, -0.15) is 10.2 Å². The second kappa shape index (κ2) is 4.89. The van der Waals surface area contributed by atoms with Gasteiger partial charge in [0.15, 0.2) is 0 Å². The molecule has 0 amide bonds. The Morgan fingerprint density at radius 3 is 2.70 bits per heavy atom. The minimum absolute atomic E-state index is 0.576. The summed E-state index contributed by atoms with van der Waals surface area (Å²) < 4.78 is 5.42. The Kier molecular flexibility index (Phi) is 3.06. The number of fused-ring (bicyclic) bond motifs is 1. The first-order chi connectivity index (χ1) is 9.70. The van der Waals surface area contributed by atoms with Gasteiger partial charge in [0.05, 0.1) is 24.4 Å². The van der Waals surface area contributed by atoms with Gasteiger partial charge in [-0.25, -0.2) is 4.98 Å². The standard InChI is InChI=1S/C16H15N3O/c1-10-9-17-19-15(11(10)2)13-8-12-6-4-5-7-14(12)18-16(13)20-3/h4-9H,1-3H3. The van der Waals surface area contributed by atoms with E-state index in [4.69, 9.17) is 4.74 Å². The van der Waals surface area contributed by atoms with Crippen LogP contribution in [-0.4, -0.2) is 22.3 Å². The van der Waals surface area contributed by atoms with Gasteiger partial charge in [-0.1, -0.05) is 18.2 Å². The zero-order valence-corrected chi connectivity index (χ0v) is 11.7. The average Bonchev–Trinajstić information content (AvgIpc) is 2.48. The Labute approximate surface area is 117 Å². The molecule has 3 rings (SSSR count). The van der Waals surface area contributed by atoms with Gasteiger partial charge in [-0.3, -0.25) is 0 Å². The van der Waals surface area contributed by atoms with Gasteiger partial charge in [-0.15, -0.1) is 0 Å². The second-order valence-electron chi connectivity index (χ2n) is 4.74. The maximum Gasteiger partial charge on any atom is 0.223 e. The minimum Gasteiger partial charge on any atom is -0.480 e. The highest BCUT2D eigenvalue weighted by atomic mass is 16.5. The second-order valence-corrected chi connectivity index (χ2v) is 4.74. The first-order valence-corrected chi connectivity index (χ1v) is 6.43. The van der Waals surface area contributed by atoms with E-state index in [-0.39, 0.29) is 0 Å². The lowest BCUT2D eigenvalue weighted by atomic mass is 10.0. The predicted octanol–water partition coefficient (Wildman–Crippen LogP) is 3.32. The van der Waals surface area contributed by atoms with Crippen molar-refractivity contribution in [2.24, 2.45) is 0 Å². The van der Waals surface area contributed by atoms with Crippen molar-refractivity contribution in [2.75, 3.05) is 7.11 Å². The van der Waals surface area contributed by atoms with E-state index >= 15 is 0 Å². The van der Waals surface area contributed by atoms with Crippen LogP contribution in [0.15, 0.2) is 36.5 Å². The molecule has 2 aromatic heterocycles. The van der Waals surface area contributed by atoms with Crippen molar-refractivity contribution in [3.8, 4) is 17.1 Å². The molecule has 2 heterocycles. The molecule has 0 bridgehead atoms. The van der Waals surface area contributed by atoms with Gasteiger partial charge in [-0.05, 0) is 37.1 Å². The molecule has 1 aromatic carbocycles. The fourth-order valence-electron chi connectivity index (χ4n) is 2.21. The van der Waals surface area contributed by atoms with E-state index in [1.54, 1.807) is 13.3 Å². The summed E-state index contributed by atoms with van der Waals surface area (Å²) in [5.41, 5.74) is 4.80. The molecule has 4 heteroatoms. The molecule has 0 aliphatic heterocycles. The number of nitrogens with zero attached hydrogens (tertiary/aromatic N) is 3. The Morgan fingerprint density at radius 2 is 1.90 bits per heavy atom. The molecule has 0 atom stereocenters. The number of aryl methyl sites for hydroxylation is 1. The number of hydrogen-bond acceptors (Lipinski definition) is 4. The van der Waals surface area contributed by atoms with Crippen LogP contribution in [0, 0.1) is 13.8 Å². The van der Waals surface area contributed by atoms with Crippen LogP contribution in [0.5, 0.6) is 5.88 Å². The largest absolute Gasteiger partial charge is 0.480 e. The third-order valence-corrected chi connectivity index (χ3v) is 3.49. The van der Waals surface area contributed by atoms with Crippen LogP contribution in [-0.2, 0) is 0 Å². The molecule has 0 saturated heterocycles. The lowest BCUT2D eigenvalue weighted by molar-refractivity contribution is 0.401. The van der Waals surface area contributed by atoms with Crippen LogP contribution in [0.25, 0.3) is 22.2 Å². The van der Waals surface area contributed by atoms with Gasteiger partial charge in [0.2, 0.25) is 5.88 Å². The first-order valence-electron chi connectivity index (χ1n) is 6.43. The van der Waals surface area contributed by atoms with Crippen LogP contribution in [0.4, 0.5) is 0 Å². The van der Waals surface area contributed by atoms with Crippen LogP contribution in [0.3, 0.4) is 0 Å². The molecule has 0 unspecified atom stereocenters. The number of pyridine rings is 1. The molecule has 0 aliphatic rings. The molecular weight excluding hydrogens is 250 g/mol. The van der Waals surface area contributed by atoms with E-state index in [9.17, 15) is 0 Å². The normalized spacial score (nSPS) is 10.8. The van der Waals surface area contributed by atoms with Crippen LogP contribution >= 0.6 is 0 Å². The molecule has 0 spiro atoms. The van der Waals surface area contributed by atoms with Crippen molar-refractivity contribution in [3.05, 3.63) is 47.7 Å². The lowest BCUT2D eigenvalue weighted by Gasteiger charge is -2.11. The molecule has 0 N–H and O–H groups in total. The third-order valence-electron chi connectivity index (χ3n) is 3.49. The molecule has 4 nitrogen and oxygen atoms in total. The summed E-state index contributed by atoms with van der Waals surface area (Å²) >= 11 is 0. The Morgan fingerprint density at radius 1 is 1.10 bits per heavy atom. The summed E-state index contributed by atoms with van der Waals surface area (Å²) in [6.07, 6.45) is 1.76. The lowest BCUT2D eigenvalue weighted by Crippen LogP contribution is -1.99. The van der Waals surface area contributed by atoms with Crippen LogP contribution in [0.1, 0.15) is 11.1 Å². The van der Waals surface area contributed by atoms with Gasteiger partial charge in [0.25, 0.3) is 0 Å². The number of ether oxygens (including phenoxy) is 1. The summed E-state index contributed by atoms with van der Waals surface area (Å²) in [6.45, 7) is 4.06. The maximum atomic E-state index is 5.42. The average molecular weight is 265 g/mol. The number of para-hydroxylation sites is 1. The highest BCUT2D eigenvalue weighted by molar-refractivity contribution is 5.86. The first kappa shape index (κ1) is 12.5. The number of benzene rings is 1. The highest BCUT2D eigenvalue weighted by Gasteiger charge is 2.14. The Hall–Kier alpha value is -2.49. The van der Waals surface area contributed by atoms with Crippen molar-refractivity contribution >= 4 is 10.9 Å². The molecule has 3 aromatic rings. The smallest absolute Gasteiger partial charge is 0.223 e. The van der Waals surface area contributed by atoms with Crippen molar-refractivity contribution < 1.29 is 4.74 Å². The number of aromatic nitrogens is 3. The Bertz CT molecular complexity index is 784. The topological polar surface area (TPSA) is 47.9 Å². The molecule has 0 fully saturated rings. The summed E-state index contributed by atoms with van der Waals surface area (Å²) in [6, 6.07) is 10.0. The summed E-state index contributed by atoms with van der Waals surface area (Å²) in [5, 5.41) is 9.36. The molecular formula is C16H15N3O. The summed E-state index contributed by atoms with van der Waals surface area (Å²) in [4.78, 5) is 4.55. The number of hydrogen-bond donors (Lipinski definition) is 0. The number of rotatable bonds is 2. The zero-order chi connectivity index (χ0) is 14.1. The molecule has 100 valence electrons. The minimum atomic E-state index is 0.576. The highest BCUT2D eigenvalue weighted by Crippen LogP contribution is 2.32. The van der Waals surface area contributed by atoms with Crippen molar-refractivity contribution in [1.82, 2.24) is 15.2 Å². The van der Waals surface area contributed by atoms with E-state index < -0.39 is 0 Å². The van der Waals surface area contributed by atoms with Gasteiger partial charge >= 0.3 is 0 Å². The molecule has 20 heavy (non-hydrogen) atoms. The van der Waals surface area contributed by atoms with E-state index in [2.05, 4.69) is 21.2 Å². The fourth-order valence-corrected chi connectivity index (χ4v) is 2.21. The van der Waals surface area contributed by atoms with Crippen LogP contribution in [0.2, 0.25) is 0 Å². The van der Waals surface area contributed by atoms with Gasteiger partial charge in [0.1, 0.15) is 5.69 Å². The fraction of sp³-hybridized carbons (Fsp3) is 0.188. The van der Waals surface area contributed by atoms with Gasteiger partial charge in [0, 0.05) is 5.39 Å². The van der Waals surface area contributed by atoms with Crippen molar-refractivity contribution in [1.29, 1.82) is 0 Å². The van der Waals surface area contributed by atoms with Crippen molar-refractivity contribution in [2.45, 2.75) is 13.8 Å². The van der Waals surface area contributed by atoms with Crippen LogP contribution < -0.4 is 4.74 Å². The Balaban J connectivity index is 2.31. The third kappa shape index (κ3) is 1.99. The molecule has 0 saturated carbocycles. The van der Waals surface area contributed by atoms with Crippen molar-refractivity contribution in [3.63, 3.8) is 0 Å². The van der Waals surface area contributed by atoms with E-state index in [1.165, 1.54) is 0 Å². The van der Waals surface area contributed by atoms with E-state index in [1.807, 2.05) is 38.1 Å². The predicted molar refractivity (Wildman–Crippen MR) is 78.8 cm³/mol. The maximum absolute atomic E-state index is 5.42. The zero-order valence-electron chi connectivity index (χ0n) is 11.7. The van der Waals surface area contributed by atoms with E-state index in [0.29, 0.717) is 5.88 Å². The summed E-state index contributed by atoms with van der Waals surface area (Å²) in [5.74, 6) is 0.576. The monoisotopic (exact) mass is 265 g/mol. The van der Waals surface area contributed by atoms with Gasteiger partial charge < -0.3 is 4.74 Å². The van der Waals surface area contributed by atoms with E-state index in [0.717, 1.165) is 33.3 Å². The summed E-state index contributed by atoms with van der Waals surface area (Å²) in [7, 11) is 1.62. The molecule has 0 aliphatic carbocycles. The number of methoxy groups -OCH3 is 1.